The van der Waals surface area contributed by atoms with Gasteiger partial charge in [-0.15, -0.1) is 0 Å². The van der Waals surface area contributed by atoms with Gasteiger partial charge in [-0.25, -0.2) is 0 Å². The van der Waals surface area contributed by atoms with Crippen molar-refractivity contribution in [2.75, 3.05) is 0 Å². The Labute approximate surface area is 104 Å². The summed E-state index contributed by atoms with van der Waals surface area (Å²) in [6.07, 6.45) is 1.84. The highest BCUT2D eigenvalue weighted by Gasteiger charge is 2.16. The SMILES string of the molecule is Cc1cc(-c2ccccn2)ccc1C(C)(C)C. The Bertz CT molecular complexity index is 507. The van der Waals surface area contributed by atoms with Crippen LogP contribution in [0.3, 0.4) is 0 Å². The van der Waals surface area contributed by atoms with Crippen LogP contribution >= 0.6 is 0 Å². The second-order valence-electron chi connectivity index (χ2n) is 5.49. The number of hydrogen-bond acceptors (Lipinski definition) is 1. The molecule has 0 bridgehead atoms. The fourth-order valence-corrected chi connectivity index (χ4v) is 2.20. The highest BCUT2D eigenvalue weighted by Crippen LogP contribution is 2.28. The maximum absolute atomic E-state index is 4.38. The number of aromatic nitrogens is 1. The number of pyridine rings is 1. The summed E-state index contributed by atoms with van der Waals surface area (Å²) < 4.78 is 0. The van der Waals surface area contributed by atoms with Crippen LogP contribution in [0.1, 0.15) is 31.9 Å². The Hall–Kier alpha value is -1.63. The first kappa shape index (κ1) is 11.8. The fraction of sp³-hybridized carbons (Fsp3) is 0.312. The van der Waals surface area contributed by atoms with Crippen LogP contribution in [0.2, 0.25) is 0 Å². The maximum Gasteiger partial charge on any atom is 0.0702 e. The monoisotopic (exact) mass is 225 g/mol. The summed E-state index contributed by atoms with van der Waals surface area (Å²) in [5, 5.41) is 0. The van der Waals surface area contributed by atoms with Gasteiger partial charge in [-0.1, -0.05) is 39.0 Å². The third kappa shape index (κ3) is 2.55. The standard InChI is InChI=1S/C16H19N/c1-12-11-13(15-7-5-6-10-17-15)8-9-14(12)16(2,3)4/h5-11H,1-4H3. The van der Waals surface area contributed by atoms with E-state index in [1.54, 1.807) is 0 Å². The summed E-state index contributed by atoms with van der Waals surface area (Å²) in [7, 11) is 0. The second kappa shape index (κ2) is 4.33. The zero-order valence-electron chi connectivity index (χ0n) is 11.0. The molecule has 0 saturated heterocycles. The second-order valence-corrected chi connectivity index (χ2v) is 5.49. The lowest BCUT2D eigenvalue weighted by Gasteiger charge is -2.22. The lowest BCUT2D eigenvalue weighted by molar-refractivity contribution is 0.586. The molecule has 0 N–H and O–H groups in total. The topological polar surface area (TPSA) is 12.9 Å². The Kier molecular flexibility index (Phi) is 3.01. The number of rotatable bonds is 1. The molecule has 2 rings (SSSR count). The molecule has 1 heterocycles. The van der Waals surface area contributed by atoms with Gasteiger partial charge in [-0.2, -0.15) is 0 Å². The summed E-state index contributed by atoms with van der Waals surface area (Å²) in [6, 6.07) is 12.6. The Morgan fingerprint density at radius 2 is 1.76 bits per heavy atom. The Balaban J connectivity index is 2.45. The van der Waals surface area contributed by atoms with Crippen LogP contribution in [0.5, 0.6) is 0 Å². The van der Waals surface area contributed by atoms with Crippen molar-refractivity contribution in [3.05, 3.63) is 53.7 Å². The van der Waals surface area contributed by atoms with Crippen LogP contribution in [0.15, 0.2) is 42.6 Å². The molecule has 0 atom stereocenters. The van der Waals surface area contributed by atoms with Gasteiger partial charge in [-0.3, -0.25) is 4.98 Å². The highest BCUT2D eigenvalue weighted by atomic mass is 14.7. The lowest BCUT2D eigenvalue weighted by atomic mass is 9.83. The molecule has 1 heteroatoms. The van der Waals surface area contributed by atoms with Crippen molar-refractivity contribution in [3.8, 4) is 11.3 Å². The molecule has 1 nitrogen and oxygen atoms in total. The number of benzene rings is 1. The van der Waals surface area contributed by atoms with Gasteiger partial charge in [-0.05, 0) is 41.7 Å². The average molecular weight is 225 g/mol. The van der Waals surface area contributed by atoms with Crippen LogP contribution < -0.4 is 0 Å². The summed E-state index contributed by atoms with van der Waals surface area (Å²) in [6.45, 7) is 8.91. The fourth-order valence-electron chi connectivity index (χ4n) is 2.20. The average Bonchev–Trinajstić information content (AvgIpc) is 2.28. The van der Waals surface area contributed by atoms with Crippen LogP contribution in [0.4, 0.5) is 0 Å². The van der Waals surface area contributed by atoms with Crippen LogP contribution in [-0.2, 0) is 5.41 Å². The molecule has 0 fully saturated rings. The molecule has 1 aromatic carbocycles. The van der Waals surface area contributed by atoms with Gasteiger partial charge < -0.3 is 0 Å². The van der Waals surface area contributed by atoms with E-state index in [1.807, 2.05) is 24.4 Å². The minimum atomic E-state index is 0.201. The van der Waals surface area contributed by atoms with E-state index in [-0.39, 0.29) is 5.41 Å². The Morgan fingerprint density at radius 1 is 1.00 bits per heavy atom. The molecule has 0 amide bonds. The molecule has 0 unspecified atom stereocenters. The first-order valence-corrected chi connectivity index (χ1v) is 6.01. The van der Waals surface area contributed by atoms with Crippen LogP contribution in [0, 0.1) is 6.92 Å². The molecular formula is C16H19N. The van der Waals surface area contributed by atoms with E-state index in [0.29, 0.717) is 0 Å². The summed E-state index contributed by atoms with van der Waals surface area (Å²) in [5.74, 6) is 0. The molecule has 0 aliphatic heterocycles. The van der Waals surface area contributed by atoms with Gasteiger partial charge in [0.1, 0.15) is 0 Å². The van der Waals surface area contributed by atoms with Crippen molar-refractivity contribution in [2.24, 2.45) is 0 Å². The molecule has 88 valence electrons. The Morgan fingerprint density at radius 3 is 2.29 bits per heavy atom. The van der Waals surface area contributed by atoms with E-state index in [2.05, 4.69) is 50.9 Å². The lowest BCUT2D eigenvalue weighted by Crippen LogP contribution is -2.12. The molecule has 17 heavy (non-hydrogen) atoms. The van der Waals surface area contributed by atoms with Crippen molar-refractivity contribution in [1.82, 2.24) is 4.98 Å². The van der Waals surface area contributed by atoms with E-state index in [9.17, 15) is 0 Å². The first-order chi connectivity index (χ1) is 7.98. The van der Waals surface area contributed by atoms with Gasteiger partial charge >= 0.3 is 0 Å². The summed E-state index contributed by atoms with van der Waals surface area (Å²) in [5.41, 5.74) is 5.16. The molecule has 1 aromatic heterocycles. The van der Waals surface area contributed by atoms with Crippen molar-refractivity contribution in [1.29, 1.82) is 0 Å². The predicted octanol–water partition coefficient (Wildman–Crippen LogP) is 4.35. The van der Waals surface area contributed by atoms with Crippen molar-refractivity contribution >= 4 is 0 Å². The third-order valence-corrected chi connectivity index (χ3v) is 3.00. The van der Waals surface area contributed by atoms with E-state index in [1.165, 1.54) is 16.7 Å². The largest absolute Gasteiger partial charge is 0.256 e. The van der Waals surface area contributed by atoms with Crippen molar-refractivity contribution in [2.45, 2.75) is 33.1 Å². The molecule has 0 saturated carbocycles. The van der Waals surface area contributed by atoms with Crippen LogP contribution in [0.25, 0.3) is 11.3 Å². The van der Waals surface area contributed by atoms with E-state index >= 15 is 0 Å². The third-order valence-electron chi connectivity index (χ3n) is 3.00. The van der Waals surface area contributed by atoms with E-state index < -0.39 is 0 Å². The smallest absolute Gasteiger partial charge is 0.0702 e. The van der Waals surface area contributed by atoms with E-state index in [4.69, 9.17) is 0 Å². The van der Waals surface area contributed by atoms with Gasteiger partial charge in [0.2, 0.25) is 0 Å². The summed E-state index contributed by atoms with van der Waals surface area (Å²) in [4.78, 5) is 4.38. The molecule has 0 radical (unpaired) electrons. The minimum Gasteiger partial charge on any atom is -0.256 e. The van der Waals surface area contributed by atoms with Crippen molar-refractivity contribution in [3.63, 3.8) is 0 Å². The maximum atomic E-state index is 4.38. The highest BCUT2D eigenvalue weighted by molar-refractivity contribution is 5.61. The molecule has 0 spiro atoms. The van der Waals surface area contributed by atoms with Crippen molar-refractivity contribution < 1.29 is 0 Å². The normalized spacial score (nSPS) is 11.5. The molecule has 0 aliphatic carbocycles. The number of aryl methyl sites for hydroxylation is 1. The van der Waals surface area contributed by atoms with Crippen LogP contribution in [-0.4, -0.2) is 4.98 Å². The van der Waals surface area contributed by atoms with E-state index in [0.717, 1.165) is 5.69 Å². The van der Waals surface area contributed by atoms with Gasteiger partial charge in [0.05, 0.1) is 5.69 Å². The molecule has 0 aliphatic rings. The minimum absolute atomic E-state index is 0.201. The van der Waals surface area contributed by atoms with Gasteiger partial charge in [0, 0.05) is 11.8 Å². The number of hydrogen-bond donors (Lipinski definition) is 0. The molecular weight excluding hydrogens is 206 g/mol. The zero-order valence-corrected chi connectivity index (χ0v) is 11.0. The van der Waals surface area contributed by atoms with Gasteiger partial charge in [0.15, 0.2) is 0 Å². The first-order valence-electron chi connectivity index (χ1n) is 6.01. The molecule has 2 aromatic rings. The zero-order chi connectivity index (χ0) is 12.5. The van der Waals surface area contributed by atoms with Gasteiger partial charge in [0.25, 0.3) is 0 Å². The number of nitrogens with zero attached hydrogens (tertiary/aromatic N) is 1. The quantitative estimate of drug-likeness (QED) is 0.703. The predicted molar refractivity (Wildman–Crippen MR) is 73.1 cm³/mol. The summed E-state index contributed by atoms with van der Waals surface area (Å²) >= 11 is 0.